The molecule has 0 amide bonds. The molecule has 0 atom stereocenters. The van der Waals surface area contributed by atoms with Gasteiger partial charge in [-0.15, -0.1) is 0 Å². The maximum atomic E-state index is 6.05. The lowest BCUT2D eigenvalue weighted by Crippen LogP contribution is -2.35. The molecule has 0 radical (unpaired) electrons. The molecule has 0 aliphatic carbocycles. The van der Waals surface area contributed by atoms with Crippen LogP contribution in [0.15, 0.2) is 29.1 Å². The van der Waals surface area contributed by atoms with Crippen LogP contribution in [0.1, 0.15) is 24.4 Å². The Kier molecular flexibility index (Phi) is 4.95. The number of halogens is 1. The first-order valence-corrected chi connectivity index (χ1v) is 7.94. The monoisotopic (exact) mass is 321 g/mol. The fraction of sp³-hybridized carbons (Fsp3) is 0.500. The maximum Gasteiger partial charge on any atom is 0.191 e. The molecule has 0 bridgehead atoms. The van der Waals surface area contributed by atoms with Crippen molar-refractivity contribution in [1.29, 1.82) is 0 Å². The molecule has 0 N–H and O–H groups in total. The van der Waals surface area contributed by atoms with Gasteiger partial charge < -0.3 is 9.15 Å². The lowest BCUT2D eigenvalue weighted by atomic mass is 9.98. The van der Waals surface area contributed by atoms with E-state index in [1.807, 2.05) is 13.0 Å². The Morgan fingerprint density at radius 1 is 1.41 bits per heavy atom. The second-order valence-corrected chi connectivity index (χ2v) is 6.10. The number of likely N-dealkylation sites (tertiary alicyclic amines) is 1. The molecule has 6 heteroatoms. The van der Waals surface area contributed by atoms with Crippen molar-refractivity contribution in [3.8, 4) is 5.75 Å². The van der Waals surface area contributed by atoms with Crippen LogP contribution in [0.5, 0.6) is 5.75 Å². The quantitative estimate of drug-likeness (QED) is 0.845. The lowest BCUT2D eigenvalue weighted by molar-refractivity contribution is 0.135. The van der Waals surface area contributed by atoms with Gasteiger partial charge in [-0.3, -0.25) is 9.88 Å². The zero-order valence-electron chi connectivity index (χ0n) is 12.7. The SMILES string of the molecule is Cc1nc(CN2CCC(COc3ccncc3Cl)CC2)co1. The van der Waals surface area contributed by atoms with Gasteiger partial charge in [0.2, 0.25) is 0 Å². The summed E-state index contributed by atoms with van der Waals surface area (Å²) in [6, 6.07) is 1.81. The summed E-state index contributed by atoms with van der Waals surface area (Å²) in [6.07, 6.45) is 7.30. The van der Waals surface area contributed by atoms with Crippen molar-refractivity contribution in [3.05, 3.63) is 41.3 Å². The summed E-state index contributed by atoms with van der Waals surface area (Å²) in [4.78, 5) is 10.7. The predicted molar refractivity (Wildman–Crippen MR) is 84.0 cm³/mol. The zero-order chi connectivity index (χ0) is 15.4. The second-order valence-electron chi connectivity index (χ2n) is 5.69. The fourth-order valence-electron chi connectivity index (χ4n) is 2.71. The zero-order valence-corrected chi connectivity index (χ0v) is 13.4. The fourth-order valence-corrected chi connectivity index (χ4v) is 2.88. The second kappa shape index (κ2) is 7.11. The normalized spacial score (nSPS) is 16.8. The van der Waals surface area contributed by atoms with Crippen LogP contribution in [0.4, 0.5) is 0 Å². The molecule has 1 aliphatic heterocycles. The summed E-state index contributed by atoms with van der Waals surface area (Å²) in [5.74, 6) is 2.02. The van der Waals surface area contributed by atoms with Gasteiger partial charge >= 0.3 is 0 Å². The number of rotatable bonds is 5. The van der Waals surface area contributed by atoms with E-state index in [1.165, 1.54) is 0 Å². The smallest absolute Gasteiger partial charge is 0.191 e. The van der Waals surface area contributed by atoms with Gasteiger partial charge in [0.15, 0.2) is 5.89 Å². The van der Waals surface area contributed by atoms with Crippen LogP contribution in [-0.2, 0) is 6.54 Å². The van der Waals surface area contributed by atoms with Gasteiger partial charge in [-0.1, -0.05) is 11.6 Å². The molecular formula is C16H20ClN3O2. The molecule has 0 unspecified atom stereocenters. The number of aromatic nitrogens is 2. The molecule has 0 spiro atoms. The summed E-state index contributed by atoms with van der Waals surface area (Å²) in [7, 11) is 0. The minimum absolute atomic E-state index is 0.569. The number of hydrogen-bond donors (Lipinski definition) is 0. The highest BCUT2D eigenvalue weighted by molar-refractivity contribution is 6.31. The van der Waals surface area contributed by atoms with Crippen LogP contribution in [0.2, 0.25) is 5.02 Å². The van der Waals surface area contributed by atoms with Crippen LogP contribution in [0, 0.1) is 12.8 Å². The van der Waals surface area contributed by atoms with Crippen molar-refractivity contribution < 1.29 is 9.15 Å². The summed E-state index contributed by atoms with van der Waals surface area (Å²) in [5.41, 5.74) is 1.01. The van der Waals surface area contributed by atoms with Crippen LogP contribution in [0.25, 0.3) is 0 Å². The molecule has 118 valence electrons. The number of piperidine rings is 1. The molecule has 0 aromatic carbocycles. The lowest BCUT2D eigenvalue weighted by Gasteiger charge is -2.31. The van der Waals surface area contributed by atoms with Crippen LogP contribution in [0.3, 0.4) is 0 Å². The molecule has 5 nitrogen and oxygen atoms in total. The predicted octanol–water partition coefficient (Wildman–Crippen LogP) is 3.32. The van der Waals surface area contributed by atoms with Crippen molar-refractivity contribution in [1.82, 2.24) is 14.9 Å². The molecule has 3 heterocycles. The Morgan fingerprint density at radius 3 is 2.91 bits per heavy atom. The van der Waals surface area contributed by atoms with E-state index in [1.54, 1.807) is 18.7 Å². The molecule has 2 aromatic heterocycles. The average Bonchev–Trinajstić information content (AvgIpc) is 2.93. The Morgan fingerprint density at radius 2 is 2.23 bits per heavy atom. The van der Waals surface area contributed by atoms with Gasteiger partial charge in [-0.25, -0.2) is 4.98 Å². The first-order chi connectivity index (χ1) is 10.7. The van der Waals surface area contributed by atoms with Gasteiger partial charge in [-0.2, -0.15) is 0 Å². The van der Waals surface area contributed by atoms with E-state index in [4.69, 9.17) is 20.8 Å². The third kappa shape index (κ3) is 3.99. The number of oxazole rings is 1. The number of aryl methyl sites for hydroxylation is 1. The van der Waals surface area contributed by atoms with E-state index in [2.05, 4.69) is 14.9 Å². The summed E-state index contributed by atoms with van der Waals surface area (Å²) < 4.78 is 11.1. The Bertz CT molecular complexity index is 609. The topological polar surface area (TPSA) is 51.4 Å². The number of ether oxygens (including phenoxy) is 1. The largest absolute Gasteiger partial charge is 0.492 e. The van der Waals surface area contributed by atoms with Crippen molar-refractivity contribution >= 4 is 11.6 Å². The van der Waals surface area contributed by atoms with Crippen LogP contribution < -0.4 is 4.74 Å². The van der Waals surface area contributed by atoms with E-state index in [-0.39, 0.29) is 0 Å². The molecule has 2 aromatic rings. The molecule has 22 heavy (non-hydrogen) atoms. The number of pyridine rings is 1. The third-order valence-corrected chi connectivity index (χ3v) is 4.25. The highest BCUT2D eigenvalue weighted by atomic mass is 35.5. The Hall–Kier alpha value is -1.59. The van der Waals surface area contributed by atoms with Gasteiger partial charge in [0.1, 0.15) is 17.0 Å². The Labute approximate surface area is 135 Å². The molecular weight excluding hydrogens is 302 g/mol. The Balaban J connectivity index is 1.43. The molecule has 1 aliphatic rings. The molecule has 1 saturated heterocycles. The third-order valence-electron chi connectivity index (χ3n) is 3.97. The van der Waals surface area contributed by atoms with Crippen molar-refractivity contribution in [2.45, 2.75) is 26.3 Å². The van der Waals surface area contributed by atoms with E-state index in [0.717, 1.165) is 49.8 Å². The van der Waals surface area contributed by atoms with E-state index >= 15 is 0 Å². The molecule has 3 rings (SSSR count). The highest BCUT2D eigenvalue weighted by Crippen LogP contribution is 2.25. The van der Waals surface area contributed by atoms with Crippen molar-refractivity contribution in [3.63, 3.8) is 0 Å². The molecule has 0 saturated carbocycles. The summed E-state index contributed by atoms with van der Waals surface area (Å²) in [5, 5.41) is 0.571. The van der Waals surface area contributed by atoms with Gasteiger partial charge in [0.05, 0.1) is 12.3 Å². The minimum Gasteiger partial charge on any atom is -0.492 e. The van der Waals surface area contributed by atoms with Crippen LogP contribution in [-0.4, -0.2) is 34.6 Å². The van der Waals surface area contributed by atoms with E-state index < -0.39 is 0 Å². The molecule has 1 fully saturated rings. The van der Waals surface area contributed by atoms with Crippen molar-refractivity contribution in [2.75, 3.05) is 19.7 Å². The summed E-state index contributed by atoms with van der Waals surface area (Å²) >= 11 is 6.05. The first kappa shape index (κ1) is 15.3. The van der Waals surface area contributed by atoms with Crippen LogP contribution >= 0.6 is 11.6 Å². The summed E-state index contributed by atoms with van der Waals surface area (Å²) in [6.45, 7) is 5.56. The number of hydrogen-bond acceptors (Lipinski definition) is 5. The van der Waals surface area contributed by atoms with Gasteiger partial charge in [-0.05, 0) is 31.8 Å². The van der Waals surface area contributed by atoms with E-state index in [9.17, 15) is 0 Å². The highest BCUT2D eigenvalue weighted by Gasteiger charge is 2.20. The van der Waals surface area contributed by atoms with Gasteiger partial charge in [0, 0.05) is 31.9 Å². The maximum absolute atomic E-state index is 6.05. The minimum atomic E-state index is 0.569. The van der Waals surface area contributed by atoms with Gasteiger partial charge in [0.25, 0.3) is 0 Å². The van der Waals surface area contributed by atoms with Crippen molar-refractivity contribution in [2.24, 2.45) is 5.92 Å². The average molecular weight is 322 g/mol. The first-order valence-electron chi connectivity index (χ1n) is 7.56. The number of nitrogens with zero attached hydrogens (tertiary/aromatic N) is 3. The van der Waals surface area contributed by atoms with E-state index in [0.29, 0.717) is 17.5 Å². The standard InChI is InChI=1S/C16H20ClN3O2/c1-12-19-14(11-21-12)9-20-6-3-13(4-7-20)10-22-16-2-5-18-8-15(16)17/h2,5,8,11,13H,3-4,6-7,9-10H2,1H3.